The van der Waals surface area contributed by atoms with Crippen molar-refractivity contribution in [2.75, 3.05) is 5.32 Å². The normalized spacial score (nSPS) is 10.3. The van der Waals surface area contributed by atoms with Crippen LogP contribution in [-0.2, 0) is 0 Å². The van der Waals surface area contributed by atoms with E-state index in [9.17, 15) is 13.6 Å². The summed E-state index contributed by atoms with van der Waals surface area (Å²) in [4.78, 5) is 14.8. The lowest BCUT2D eigenvalue weighted by molar-refractivity contribution is 0.0697. The van der Waals surface area contributed by atoms with Gasteiger partial charge in [0, 0.05) is 11.8 Å². The Labute approximate surface area is 111 Å². The summed E-state index contributed by atoms with van der Waals surface area (Å²) in [6, 6.07) is 5.28. The highest BCUT2D eigenvalue weighted by Gasteiger charge is 2.13. The maximum atomic E-state index is 13.0. The molecule has 0 fully saturated rings. The Kier molecular flexibility index (Phi) is 3.62. The Morgan fingerprint density at radius 3 is 2.42 bits per heavy atom. The third-order valence-electron chi connectivity index (χ3n) is 2.22. The summed E-state index contributed by atoms with van der Waals surface area (Å²) < 4.78 is 26.1. The van der Waals surface area contributed by atoms with Gasteiger partial charge in [0.2, 0.25) is 0 Å². The lowest BCUT2D eigenvalue weighted by Crippen LogP contribution is -2.05. The van der Waals surface area contributed by atoms with Gasteiger partial charge >= 0.3 is 5.97 Å². The summed E-state index contributed by atoms with van der Waals surface area (Å²) in [5.74, 6) is -2.91. The molecule has 2 aromatic rings. The van der Waals surface area contributed by atoms with E-state index in [0.717, 1.165) is 12.1 Å². The third-order valence-corrected chi connectivity index (χ3v) is 2.43. The second-order valence-corrected chi connectivity index (χ2v) is 4.01. The Balaban J connectivity index is 2.42. The molecular weight excluding hydrogens is 278 g/mol. The van der Waals surface area contributed by atoms with Gasteiger partial charge in [-0.2, -0.15) is 0 Å². The first-order valence-corrected chi connectivity index (χ1v) is 5.46. The van der Waals surface area contributed by atoms with Crippen molar-refractivity contribution >= 4 is 29.1 Å². The van der Waals surface area contributed by atoms with Crippen LogP contribution in [0.3, 0.4) is 0 Å². The number of pyridine rings is 1. The summed E-state index contributed by atoms with van der Waals surface area (Å²) in [5.41, 5.74) is -0.121. The summed E-state index contributed by atoms with van der Waals surface area (Å²) in [6.07, 6.45) is 0. The lowest BCUT2D eigenvalue weighted by Gasteiger charge is -2.09. The largest absolute Gasteiger partial charge is 0.478 e. The van der Waals surface area contributed by atoms with Crippen molar-refractivity contribution in [1.29, 1.82) is 0 Å². The number of nitrogens with zero attached hydrogens (tertiary/aromatic N) is 1. The highest BCUT2D eigenvalue weighted by atomic mass is 35.5. The molecule has 2 N–H and O–H groups in total. The number of nitrogens with one attached hydrogen (secondary N) is 1. The Bertz CT molecular complexity index is 629. The minimum absolute atomic E-state index is 0.0368. The van der Waals surface area contributed by atoms with Crippen LogP contribution in [0.5, 0.6) is 0 Å². The zero-order valence-electron chi connectivity index (χ0n) is 9.32. The zero-order chi connectivity index (χ0) is 14.0. The van der Waals surface area contributed by atoms with E-state index >= 15 is 0 Å². The van der Waals surface area contributed by atoms with Crippen molar-refractivity contribution < 1.29 is 18.7 Å². The number of hydrogen-bond donors (Lipinski definition) is 2. The van der Waals surface area contributed by atoms with Gasteiger partial charge in [-0.15, -0.1) is 0 Å². The lowest BCUT2D eigenvalue weighted by atomic mass is 10.2. The molecule has 7 heteroatoms. The van der Waals surface area contributed by atoms with Crippen LogP contribution in [0.2, 0.25) is 5.15 Å². The average molecular weight is 285 g/mol. The highest BCUT2D eigenvalue weighted by Crippen LogP contribution is 2.22. The standard InChI is InChI=1S/C12H7ClF2N2O2/c13-10-2-1-9(12(18)19)11(17-10)16-8-4-6(14)3-7(15)5-8/h1-5H,(H,16,17)(H,18,19). The quantitative estimate of drug-likeness (QED) is 0.847. The van der Waals surface area contributed by atoms with E-state index in [4.69, 9.17) is 16.7 Å². The molecule has 0 saturated heterocycles. The Morgan fingerprint density at radius 1 is 1.21 bits per heavy atom. The van der Waals surface area contributed by atoms with Gasteiger partial charge in [-0.3, -0.25) is 0 Å². The van der Waals surface area contributed by atoms with Crippen LogP contribution in [0.1, 0.15) is 10.4 Å². The van der Waals surface area contributed by atoms with Gasteiger partial charge in [0.25, 0.3) is 0 Å². The van der Waals surface area contributed by atoms with Gasteiger partial charge in [-0.05, 0) is 24.3 Å². The molecule has 1 aromatic heterocycles. The molecule has 0 aliphatic heterocycles. The number of benzene rings is 1. The number of halogens is 3. The predicted octanol–water partition coefficient (Wildman–Crippen LogP) is 3.46. The first-order chi connectivity index (χ1) is 8.95. The Hall–Kier alpha value is -2.21. The average Bonchev–Trinajstić information content (AvgIpc) is 2.26. The van der Waals surface area contributed by atoms with Crippen molar-refractivity contribution in [2.24, 2.45) is 0 Å². The molecule has 98 valence electrons. The van der Waals surface area contributed by atoms with E-state index in [-0.39, 0.29) is 22.2 Å². The molecule has 0 amide bonds. The van der Waals surface area contributed by atoms with Crippen molar-refractivity contribution in [3.8, 4) is 0 Å². The van der Waals surface area contributed by atoms with Gasteiger partial charge in [0.1, 0.15) is 28.2 Å². The van der Waals surface area contributed by atoms with Crippen LogP contribution in [0.15, 0.2) is 30.3 Å². The van der Waals surface area contributed by atoms with Crippen molar-refractivity contribution in [1.82, 2.24) is 4.98 Å². The number of aromatic nitrogens is 1. The van der Waals surface area contributed by atoms with E-state index < -0.39 is 17.6 Å². The molecule has 0 spiro atoms. The van der Waals surface area contributed by atoms with Crippen LogP contribution in [0.4, 0.5) is 20.3 Å². The van der Waals surface area contributed by atoms with Crippen LogP contribution in [-0.4, -0.2) is 16.1 Å². The minimum atomic E-state index is -1.23. The van der Waals surface area contributed by atoms with Gasteiger partial charge in [-0.1, -0.05) is 11.6 Å². The molecule has 19 heavy (non-hydrogen) atoms. The van der Waals surface area contributed by atoms with Gasteiger partial charge < -0.3 is 10.4 Å². The number of anilines is 2. The topological polar surface area (TPSA) is 62.2 Å². The molecule has 4 nitrogen and oxygen atoms in total. The molecule has 2 rings (SSSR count). The summed E-state index contributed by atoms with van der Waals surface area (Å²) in [6.45, 7) is 0. The van der Waals surface area contributed by atoms with Crippen LogP contribution in [0.25, 0.3) is 0 Å². The molecule has 0 bridgehead atoms. The number of carboxylic acid groups (broad SMARTS) is 1. The molecule has 0 aliphatic rings. The first-order valence-electron chi connectivity index (χ1n) is 5.08. The van der Waals surface area contributed by atoms with E-state index in [2.05, 4.69) is 10.3 Å². The second kappa shape index (κ2) is 5.19. The molecule has 0 unspecified atom stereocenters. The monoisotopic (exact) mass is 284 g/mol. The fourth-order valence-corrected chi connectivity index (χ4v) is 1.61. The minimum Gasteiger partial charge on any atom is -0.478 e. The molecule has 0 radical (unpaired) electrons. The molecule has 1 heterocycles. The number of carboxylic acids is 1. The molecule has 1 aromatic carbocycles. The fourth-order valence-electron chi connectivity index (χ4n) is 1.47. The van der Waals surface area contributed by atoms with Gasteiger partial charge in [0.15, 0.2) is 0 Å². The first kappa shape index (κ1) is 13.2. The maximum Gasteiger partial charge on any atom is 0.339 e. The molecule has 0 aliphatic carbocycles. The van der Waals surface area contributed by atoms with Gasteiger partial charge in [0.05, 0.1) is 0 Å². The second-order valence-electron chi connectivity index (χ2n) is 3.62. The summed E-state index contributed by atoms with van der Waals surface area (Å²) >= 11 is 5.66. The van der Waals surface area contributed by atoms with E-state index in [1.807, 2.05) is 0 Å². The predicted molar refractivity (Wildman–Crippen MR) is 65.8 cm³/mol. The van der Waals surface area contributed by atoms with E-state index in [1.54, 1.807) is 0 Å². The van der Waals surface area contributed by atoms with Crippen molar-refractivity contribution in [2.45, 2.75) is 0 Å². The SMILES string of the molecule is O=C(O)c1ccc(Cl)nc1Nc1cc(F)cc(F)c1. The van der Waals surface area contributed by atoms with Gasteiger partial charge in [-0.25, -0.2) is 18.6 Å². The van der Waals surface area contributed by atoms with Crippen LogP contribution >= 0.6 is 11.6 Å². The van der Waals surface area contributed by atoms with E-state index in [0.29, 0.717) is 6.07 Å². The number of rotatable bonds is 3. The third kappa shape index (κ3) is 3.17. The van der Waals surface area contributed by atoms with Crippen LogP contribution in [0, 0.1) is 11.6 Å². The molecule has 0 atom stereocenters. The Morgan fingerprint density at radius 2 is 1.84 bits per heavy atom. The van der Waals surface area contributed by atoms with E-state index in [1.165, 1.54) is 12.1 Å². The number of hydrogen-bond acceptors (Lipinski definition) is 3. The zero-order valence-corrected chi connectivity index (χ0v) is 10.1. The summed E-state index contributed by atoms with van der Waals surface area (Å²) in [5, 5.41) is 11.6. The van der Waals surface area contributed by atoms with Crippen molar-refractivity contribution in [3.05, 3.63) is 52.7 Å². The highest BCUT2D eigenvalue weighted by molar-refractivity contribution is 6.29. The number of aromatic carboxylic acids is 1. The molecule has 0 saturated carbocycles. The number of carbonyl (C=O) groups is 1. The van der Waals surface area contributed by atoms with Crippen LogP contribution < -0.4 is 5.32 Å². The molecular formula is C12H7ClF2N2O2. The summed E-state index contributed by atoms with van der Waals surface area (Å²) in [7, 11) is 0. The maximum absolute atomic E-state index is 13.0. The van der Waals surface area contributed by atoms with Crippen molar-refractivity contribution in [3.63, 3.8) is 0 Å². The smallest absolute Gasteiger partial charge is 0.339 e. The fraction of sp³-hybridized carbons (Fsp3) is 0.